The first kappa shape index (κ1) is 10.5. The molecule has 1 aromatic carbocycles. The lowest BCUT2D eigenvalue weighted by Gasteiger charge is -2.02. The van der Waals surface area contributed by atoms with Crippen LogP contribution in [0, 0.1) is 13.8 Å². The topological polar surface area (TPSA) is 37.3 Å². The molecule has 0 atom stereocenters. The van der Waals surface area contributed by atoms with E-state index in [1.807, 2.05) is 32.0 Å². The van der Waals surface area contributed by atoms with Crippen LogP contribution in [-0.4, -0.2) is 11.1 Å². The van der Waals surface area contributed by atoms with E-state index < -0.39 is 5.97 Å². The van der Waals surface area contributed by atoms with E-state index in [4.69, 9.17) is 5.11 Å². The molecule has 0 heterocycles. The summed E-state index contributed by atoms with van der Waals surface area (Å²) < 4.78 is 0. The SMILES string of the molecule is C/C(=C/c1ccc(C)cc1C)C(=O)O. The van der Waals surface area contributed by atoms with Crippen LogP contribution >= 0.6 is 0 Å². The van der Waals surface area contributed by atoms with Crippen LogP contribution in [0.1, 0.15) is 23.6 Å². The molecule has 1 aromatic rings. The second kappa shape index (κ2) is 4.09. The average molecular weight is 190 g/mol. The van der Waals surface area contributed by atoms with Crippen LogP contribution in [0.15, 0.2) is 23.8 Å². The number of rotatable bonds is 2. The molecule has 14 heavy (non-hydrogen) atoms. The molecule has 0 unspecified atom stereocenters. The molecular weight excluding hydrogens is 176 g/mol. The van der Waals surface area contributed by atoms with Gasteiger partial charge in [-0.15, -0.1) is 0 Å². The van der Waals surface area contributed by atoms with Crippen LogP contribution in [0.3, 0.4) is 0 Å². The molecule has 0 aromatic heterocycles. The average Bonchev–Trinajstić information content (AvgIpc) is 2.09. The van der Waals surface area contributed by atoms with E-state index in [1.165, 1.54) is 5.56 Å². The van der Waals surface area contributed by atoms with Gasteiger partial charge in [-0.3, -0.25) is 0 Å². The first-order valence-corrected chi connectivity index (χ1v) is 4.49. The largest absolute Gasteiger partial charge is 0.478 e. The summed E-state index contributed by atoms with van der Waals surface area (Å²) >= 11 is 0. The Morgan fingerprint density at radius 3 is 2.50 bits per heavy atom. The highest BCUT2D eigenvalue weighted by atomic mass is 16.4. The molecule has 0 spiro atoms. The highest BCUT2D eigenvalue weighted by Crippen LogP contribution is 2.14. The Labute approximate surface area is 83.9 Å². The standard InChI is InChI=1S/C12H14O2/c1-8-4-5-11(9(2)6-8)7-10(3)12(13)14/h4-7H,1-3H3,(H,13,14)/b10-7-. The fraction of sp³-hybridized carbons (Fsp3) is 0.250. The predicted molar refractivity (Wildman–Crippen MR) is 57.2 cm³/mol. The Bertz CT molecular complexity index is 389. The molecule has 0 radical (unpaired) electrons. The van der Waals surface area contributed by atoms with Crippen LogP contribution in [-0.2, 0) is 4.79 Å². The Morgan fingerprint density at radius 1 is 1.36 bits per heavy atom. The molecule has 1 N–H and O–H groups in total. The molecule has 1 rings (SSSR count). The molecule has 2 heteroatoms. The monoisotopic (exact) mass is 190 g/mol. The molecule has 0 aliphatic heterocycles. The van der Waals surface area contributed by atoms with E-state index in [1.54, 1.807) is 13.0 Å². The van der Waals surface area contributed by atoms with E-state index >= 15 is 0 Å². The van der Waals surface area contributed by atoms with E-state index in [9.17, 15) is 4.79 Å². The zero-order valence-electron chi connectivity index (χ0n) is 8.66. The number of hydrogen-bond donors (Lipinski definition) is 1. The zero-order chi connectivity index (χ0) is 10.7. The maximum absolute atomic E-state index is 10.6. The lowest BCUT2D eigenvalue weighted by Crippen LogP contribution is -1.96. The Morgan fingerprint density at radius 2 is 2.00 bits per heavy atom. The third kappa shape index (κ3) is 2.46. The van der Waals surface area contributed by atoms with Crippen molar-refractivity contribution >= 4 is 12.0 Å². The summed E-state index contributed by atoms with van der Waals surface area (Å²) in [5, 5.41) is 8.72. The minimum absolute atomic E-state index is 0.358. The fourth-order valence-corrected chi connectivity index (χ4v) is 1.28. The third-order valence-corrected chi connectivity index (χ3v) is 2.13. The zero-order valence-corrected chi connectivity index (χ0v) is 8.66. The van der Waals surface area contributed by atoms with E-state index in [-0.39, 0.29) is 0 Å². The van der Waals surface area contributed by atoms with Crippen molar-refractivity contribution in [2.24, 2.45) is 0 Å². The smallest absolute Gasteiger partial charge is 0.331 e. The summed E-state index contributed by atoms with van der Waals surface area (Å²) in [4.78, 5) is 10.6. The number of aryl methyl sites for hydroxylation is 2. The summed E-state index contributed by atoms with van der Waals surface area (Å²) in [5.74, 6) is -0.870. The highest BCUT2D eigenvalue weighted by molar-refractivity contribution is 5.91. The summed E-state index contributed by atoms with van der Waals surface area (Å²) in [7, 11) is 0. The van der Waals surface area contributed by atoms with Crippen LogP contribution in [0.25, 0.3) is 6.08 Å². The number of hydrogen-bond acceptors (Lipinski definition) is 1. The molecule has 0 bridgehead atoms. The van der Waals surface area contributed by atoms with E-state index in [0.717, 1.165) is 11.1 Å². The van der Waals surface area contributed by atoms with E-state index in [0.29, 0.717) is 5.57 Å². The molecule has 74 valence electrons. The molecule has 0 saturated carbocycles. The second-order valence-electron chi connectivity index (χ2n) is 3.49. The number of aliphatic carboxylic acids is 1. The number of benzene rings is 1. The van der Waals surface area contributed by atoms with Crippen molar-refractivity contribution in [2.45, 2.75) is 20.8 Å². The highest BCUT2D eigenvalue weighted by Gasteiger charge is 2.01. The summed E-state index contributed by atoms with van der Waals surface area (Å²) in [6.07, 6.45) is 1.69. The predicted octanol–water partition coefficient (Wildman–Crippen LogP) is 2.79. The van der Waals surface area contributed by atoms with Crippen molar-refractivity contribution in [3.05, 3.63) is 40.5 Å². The normalized spacial score (nSPS) is 11.5. The second-order valence-corrected chi connectivity index (χ2v) is 3.49. The van der Waals surface area contributed by atoms with Crippen LogP contribution < -0.4 is 0 Å². The van der Waals surface area contributed by atoms with Gasteiger partial charge in [-0.2, -0.15) is 0 Å². The van der Waals surface area contributed by atoms with Crippen LogP contribution in [0.4, 0.5) is 0 Å². The van der Waals surface area contributed by atoms with Gasteiger partial charge in [-0.1, -0.05) is 23.8 Å². The Kier molecular flexibility index (Phi) is 3.07. The molecule has 0 fully saturated rings. The van der Waals surface area contributed by atoms with Crippen LogP contribution in [0.2, 0.25) is 0 Å². The fourth-order valence-electron chi connectivity index (χ4n) is 1.28. The maximum atomic E-state index is 10.6. The van der Waals surface area contributed by atoms with Gasteiger partial charge in [0.25, 0.3) is 0 Å². The van der Waals surface area contributed by atoms with E-state index in [2.05, 4.69) is 0 Å². The molecule has 2 nitrogen and oxygen atoms in total. The van der Waals surface area contributed by atoms with Gasteiger partial charge >= 0.3 is 5.97 Å². The van der Waals surface area contributed by atoms with Gasteiger partial charge in [-0.25, -0.2) is 4.79 Å². The molecule has 0 aliphatic carbocycles. The summed E-state index contributed by atoms with van der Waals surface area (Å²) in [5.41, 5.74) is 3.62. The van der Waals surface area contributed by atoms with Crippen LogP contribution in [0.5, 0.6) is 0 Å². The first-order valence-electron chi connectivity index (χ1n) is 4.49. The number of carbonyl (C=O) groups is 1. The van der Waals surface area contributed by atoms with Gasteiger partial charge in [0.2, 0.25) is 0 Å². The summed E-state index contributed by atoms with van der Waals surface area (Å²) in [6, 6.07) is 5.96. The molecule has 0 aliphatic rings. The lowest BCUT2D eigenvalue weighted by molar-refractivity contribution is -0.132. The minimum Gasteiger partial charge on any atom is -0.478 e. The molecular formula is C12H14O2. The lowest BCUT2D eigenvalue weighted by atomic mass is 10.0. The number of carboxylic acids is 1. The maximum Gasteiger partial charge on any atom is 0.331 e. The summed E-state index contributed by atoms with van der Waals surface area (Å²) in [6.45, 7) is 5.60. The van der Waals surface area contributed by atoms with Gasteiger partial charge in [0, 0.05) is 5.57 Å². The molecule has 0 amide bonds. The van der Waals surface area contributed by atoms with Crippen molar-refractivity contribution in [1.29, 1.82) is 0 Å². The van der Waals surface area contributed by atoms with Gasteiger partial charge in [-0.05, 0) is 38.0 Å². The van der Waals surface area contributed by atoms with Gasteiger partial charge < -0.3 is 5.11 Å². The van der Waals surface area contributed by atoms with Crippen molar-refractivity contribution in [3.63, 3.8) is 0 Å². The third-order valence-electron chi connectivity index (χ3n) is 2.13. The van der Waals surface area contributed by atoms with Crippen molar-refractivity contribution in [2.75, 3.05) is 0 Å². The van der Waals surface area contributed by atoms with Gasteiger partial charge in [0.1, 0.15) is 0 Å². The first-order chi connectivity index (χ1) is 6.50. The van der Waals surface area contributed by atoms with Gasteiger partial charge in [0.05, 0.1) is 0 Å². The number of carboxylic acid groups (broad SMARTS) is 1. The molecule has 0 saturated heterocycles. The van der Waals surface area contributed by atoms with Crippen molar-refractivity contribution < 1.29 is 9.90 Å². The van der Waals surface area contributed by atoms with Crippen molar-refractivity contribution in [3.8, 4) is 0 Å². The Balaban J connectivity index is 3.09. The Hall–Kier alpha value is -1.57. The van der Waals surface area contributed by atoms with Gasteiger partial charge in [0.15, 0.2) is 0 Å². The minimum atomic E-state index is -0.870. The van der Waals surface area contributed by atoms with Crippen molar-refractivity contribution in [1.82, 2.24) is 0 Å². The quantitative estimate of drug-likeness (QED) is 0.728.